The summed E-state index contributed by atoms with van der Waals surface area (Å²) in [5.74, 6) is 0. The van der Waals surface area contributed by atoms with Crippen LogP contribution in [0.4, 0.5) is 0 Å². The maximum absolute atomic E-state index is 12.0. The first-order valence-corrected chi connectivity index (χ1v) is 7.27. The van der Waals surface area contributed by atoms with E-state index in [0.717, 1.165) is 13.1 Å². The molecule has 0 aromatic heterocycles. The molecule has 1 aliphatic rings. The van der Waals surface area contributed by atoms with E-state index in [1.807, 2.05) is 6.92 Å². The van der Waals surface area contributed by atoms with Gasteiger partial charge in [0.15, 0.2) is 0 Å². The second kappa shape index (κ2) is 5.44. The summed E-state index contributed by atoms with van der Waals surface area (Å²) in [7, 11) is -3.32. The highest BCUT2D eigenvalue weighted by Crippen LogP contribution is 2.15. The summed E-state index contributed by atoms with van der Waals surface area (Å²) in [5, 5.41) is 8.25. The summed E-state index contributed by atoms with van der Waals surface area (Å²) in [5.41, 5.74) is 0. The van der Waals surface area contributed by atoms with Crippen molar-refractivity contribution in [1.29, 1.82) is 0 Å². The van der Waals surface area contributed by atoms with Gasteiger partial charge in [-0.2, -0.15) is 4.31 Å². The number of rotatable bonds is 4. The molecule has 0 aromatic carbocycles. The Morgan fingerprint density at radius 1 is 1.44 bits per heavy atom. The number of aliphatic hydroxyl groups excluding tert-OH is 1. The van der Waals surface area contributed by atoms with Crippen molar-refractivity contribution in [3.63, 3.8) is 0 Å². The minimum absolute atomic E-state index is 0.249. The lowest BCUT2D eigenvalue weighted by atomic mass is 10.2. The summed E-state index contributed by atoms with van der Waals surface area (Å²) in [6.45, 7) is 8.13. The van der Waals surface area contributed by atoms with Crippen LogP contribution in [0.3, 0.4) is 0 Å². The molecule has 2 atom stereocenters. The summed E-state index contributed by atoms with van der Waals surface area (Å²) < 4.78 is 25.5. The standard InChI is InChI=1S/C10H22N2O3S/c1-4-11-5-6-12(7-9(11)2)16(14,15)10(3)8-13/h9-10,13H,4-8H2,1-3H3. The lowest BCUT2D eigenvalue weighted by Crippen LogP contribution is -2.55. The van der Waals surface area contributed by atoms with Crippen LogP contribution in [-0.2, 0) is 10.0 Å². The molecule has 0 spiro atoms. The van der Waals surface area contributed by atoms with Gasteiger partial charge in [0.1, 0.15) is 0 Å². The second-order valence-electron chi connectivity index (χ2n) is 4.37. The monoisotopic (exact) mass is 250 g/mol. The maximum atomic E-state index is 12.0. The molecule has 0 aliphatic carbocycles. The van der Waals surface area contributed by atoms with Crippen molar-refractivity contribution >= 4 is 10.0 Å². The topological polar surface area (TPSA) is 60.9 Å². The Labute approximate surface area is 98.1 Å². The SMILES string of the molecule is CCN1CCN(S(=O)(=O)C(C)CO)CC1C. The predicted octanol–water partition coefficient (Wildman–Crippen LogP) is -0.277. The van der Waals surface area contributed by atoms with E-state index >= 15 is 0 Å². The van der Waals surface area contributed by atoms with Gasteiger partial charge in [0.25, 0.3) is 0 Å². The van der Waals surface area contributed by atoms with Gasteiger partial charge < -0.3 is 5.11 Å². The van der Waals surface area contributed by atoms with E-state index < -0.39 is 15.3 Å². The highest BCUT2D eigenvalue weighted by Gasteiger charge is 2.33. The Kier molecular flexibility index (Phi) is 4.73. The van der Waals surface area contributed by atoms with Crippen molar-refractivity contribution in [2.75, 3.05) is 32.8 Å². The largest absolute Gasteiger partial charge is 0.395 e. The van der Waals surface area contributed by atoms with Crippen molar-refractivity contribution in [3.05, 3.63) is 0 Å². The molecule has 0 bridgehead atoms. The van der Waals surface area contributed by atoms with Crippen LogP contribution in [0.2, 0.25) is 0 Å². The summed E-state index contributed by atoms with van der Waals surface area (Å²) in [4.78, 5) is 2.26. The van der Waals surface area contributed by atoms with Crippen molar-refractivity contribution < 1.29 is 13.5 Å². The third-order valence-corrected chi connectivity index (χ3v) is 5.48. The highest BCUT2D eigenvalue weighted by molar-refractivity contribution is 7.89. The summed E-state index contributed by atoms with van der Waals surface area (Å²) in [6.07, 6.45) is 0. The van der Waals surface area contributed by atoms with Crippen LogP contribution in [0.15, 0.2) is 0 Å². The average molecular weight is 250 g/mol. The quantitative estimate of drug-likeness (QED) is 0.746. The first-order valence-electron chi connectivity index (χ1n) is 5.77. The van der Waals surface area contributed by atoms with Gasteiger partial charge in [-0.25, -0.2) is 8.42 Å². The van der Waals surface area contributed by atoms with Gasteiger partial charge in [0.2, 0.25) is 10.0 Å². The molecule has 1 heterocycles. The summed E-state index contributed by atoms with van der Waals surface area (Å²) >= 11 is 0. The van der Waals surface area contributed by atoms with Gasteiger partial charge in [0, 0.05) is 25.7 Å². The summed E-state index contributed by atoms with van der Waals surface area (Å²) in [6, 6.07) is 0.249. The number of piperazine rings is 1. The Morgan fingerprint density at radius 2 is 2.06 bits per heavy atom. The van der Waals surface area contributed by atoms with Gasteiger partial charge >= 0.3 is 0 Å². The van der Waals surface area contributed by atoms with Crippen LogP contribution in [0.5, 0.6) is 0 Å². The number of hydrogen-bond donors (Lipinski definition) is 1. The van der Waals surface area contributed by atoms with Gasteiger partial charge in [-0.15, -0.1) is 0 Å². The van der Waals surface area contributed by atoms with Crippen LogP contribution in [0.25, 0.3) is 0 Å². The van der Waals surface area contributed by atoms with Crippen molar-refractivity contribution in [3.8, 4) is 0 Å². The van der Waals surface area contributed by atoms with E-state index in [0.29, 0.717) is 13.1 Å². The first kappa shape index (κ1) is 13.9. The fourth-order valence-corrected chi connectivity index (χ4v) is 3.47. The van der Waals surface area contributed by atoms with Crippen LogP contribution >= 0.6 is 0 Å². The molecule has 96 valence electrons. The van der Waals surface area contributed by atoms with Gasteiger partial charge in [0.05, 0.1) is 11.9 Å². The van der Waals surface area contributed by atoms with Crippen molar-refractivity contribution in [2.24, 2.45) is 0 Å². The molecule has 1 fully saturated rings. The molecule has 1 saturated heterocycles. The number of hydrogen-bond acceptors (Lipinski definition) is 4. The van der Waals surface area contributed by atoms with Gasteiger partial charge in [-0.05, 0) is 20.4 Å². The van der Waals surface area contributed by atoms with Crippen LogP contribution in [0, 0.1) is 0 Å². The lowest BCUT2D eigenvalue weighted by Gasteiger charge is -2.39. The second-order valence-corrected chi connectivity index (χ2v) is 6.72. The zero-order valence-electron chi connectivity index (χ0n) is 10.3. The maximum Gasteiger partial charge on any atom is 0.219 e. The molecule has 1 N–H and O–H groups in total. The molecule has 0 aromatic rings. The molecule has 0 radical (unpaired) electrons. The van der Waals surface area contributed by atoms with E-state index in [4.69, 9.17) is 5.11 Å². The molecule has 6 heteroatoms. The van der Waals surface area contributed by atoms with E-state index in [1.165, 1.54) is 4.31 Å². The van der Waals surface area contributed by atoms with E-state index in [2.05, 4.69) is 11.8 Å². The Bertz CT molecular complexity index is 318. The van der Waals surface area contributed by atoms with Crippen LogP contribution in [-0.4, -0.2) is 66.8 Å². The predicted molar refractivity (Wildman–Crippen MR) is 63.7 cm³/mol. The Balaban J connectivity index is 2.71. The smallest absolute Gasteiger partial charge is 0.219 e. The molecular formula is C10H22N2O3S. The van der Waals surface area contributed by atoms with Crippen molar-refractivity contribution in [1.82, 2.24) is 9.21 Å². The minimum Gasteiger partial charge on any atom is -0.395 e. The van der Waals surface area contributed by atoms with Gasteiger partial charge in [-0.1, -0.05) is 6.92 Å². The molecule has 0 amide bonds. The number of aliphatic hydroxyl groups is 1. The van der Waals surface area contributed by atoms with Crippen LogP contribution in [0.1, 0.15) is 20.8 Å². The van der Waals surface area contributed by atoms with E-state index in [9.17, 15) is 8.42 Å². The zero-order chi connectivity index (χ0) is 12.3. The Morgan fingerprint density at radius 3 is 2.50 bits per heavy atom. The molecule has 1 aliphatic heterocycles. The normalized spacial score (nSPS) is 26.9. The molecule has 16 heavy (non-hydrogen) atoms. The molecule has 1 rings (SSSR count). The molecular weight excluding hydrogens is 228 g/mol. The fraction of sp³-hybridized carbons (Fsp3) is 1.00. The first-order chi connectivity index (χ1) is 7.43. The number of nitrogens with zero attached hydrogens (tertiary/aromatic N) is 2. The number of likely N-dealkylation sites (N-methyl/N-ethyl adjacent to an activating group) is 1. The third-order valence-electron chi connectivity index (χ3n) is 3.26. The fourth-order valence-electron chi connectivity index (χ4n) is 2.01. The van der Waals surface area contributed by atoms with Gasteiger partial charge in [-0.3, -0.25) is 4.90 Å². The van der Waals surface area contributed by atoms with Crippen LogP contribution < -0.4 is 0 Å². The molecule has 0 saturated carbocycles. The average Bonchev–Trinajstić information content (AvgIpc) is 2.27. The number of sulfonamides is 1. The molecule has 2 unspecified atom stereocenters. The van der Waals surface area contributed by atoms with Crippen molar-refractivity contribution in [2.45, 2.75) is 32.1 Å². The van der Waals surface area contributed by atoms with E-state index in [1.54, 1.807) is 6.92 Å². The van der Waals surface area contributed by atoms with E-state index in [-0.39, 0.29) is 12.6 Å². The zero-order valence-corrected chi connectivity index (χ0v) is 11.1. The lowest BCUT2D eigenvalue weighted by molar-refractivity contribution is 0.134. The minimum atomic E-state index is -3.32. The molecule has 5 nitrogen and oxygen atoms in total. The Hall–Kier alpha value is -0.170. The third kappa shape index (κ3) is 2.74. The highest BCUT2D eigenvalue weighted by atomic mass is 32.2.